The lowest BCUT2D eigenvalue weighted by atomic mass is 10.2. The average Bonchev–Trinajstić information content (AvgIpc) is 2.80. The van der Waals surface area contributed by atoms with Crippen molar-refractivity contribution in [1.82, 2.24) is 0 Å². The number of benzene rings is 2. The summed E-state index contributed by atoms with van der Waals surface area (Å²) in [4.78, 5) is 16.2. The summed E-state index contributed by atoms with van der Waals surface area (Å²) < 4.78 is 7.25. The van der Waals surface area contributed by atoms with E-state index in [0.717, 1.165) is 19.2 Å². The van der Waals surface area contributed by atoms with Crippen molar-refractivity contribution in [3.05, 3.63) is 73.4 Å². The summed E-state index contributed by atoms with van der Waals surface area (Å²) in [5.74, 6) is -0.0954. The van der Waals surface area contributed by atoms with Crippen LogP contribution in [-0.2, 0) is 9.53 Å². The number of cyclic esters (lactones) is 1. The van der Waals surface area contributed by atoms with Gasteiger partial charge in [-0.25, -0.2) is 9.79 Å². The number of aliphatic imine (C=N–C) groups is 1. The SMILES string of the molecule is O=C1OC(c2cccc(Br)c2)=N/C1=C/c1cccc(I)c1. The molecule has 1 heterocycles. The Balaban J connectivity index is 1.95. The van der Waals surface area contributed by atoms with Gasteiger partial charge in [0.05, 0.1) is 0 Å². The minimum Gasteiger partial charge on any atom is -0.402 e. The predicted molar refractivity (Wildman–Crippen MR) is 93.9 cm³/mol. The van der Waals surface area contributed by atoms with Crippen molar-refractivity contribution < 1.29 is 9.53 Å². The Morgan fingerprint density at radius 2 is 1.95 bits per heavy atom. The molecule has 0 spiro atoms. The molecule has 104 valence electrons. The van der Waals surface area contributed by atoms with Crippen molar-refractivity contribution in [2.45, 2.75) is 0 Å². The molecule has 0 aromatic heterocycles. The zero-order valence-electron chi connectivity index (χ0n) is 10.7. The Morgan fingerprint density at radius 3 is 2.71 bits per heavy atom. The molecule has 0 saturated carbocycles. The topological polar surface area (TPSA) is 38.7 Å². The molecular weight excluding hydrogens is 445 g/mol. The maximum atomic E-state index is 11.9. The highest BCUT2D eigenvalue weighted by Crippen LogP contribution is 2.21. The zero-order valence-corrected chi connectivity index (χ0v) is 14.5. The number of nitrogens with zero attached hydrogens (tertiary/aromatic N) is 1. The lowest BCUT2D eigenvalue weighted by Crippen LogP contribution is -2.05. The maximum Gasteiger partial charge on any atom is 0.363 e. The molecule has 3 nitrogen and oxygen atoms in total. The molecule has 0 radical (unpaired) electrons. The first kappa shape index (κ1) is 14.5. The summed E-state index contributed by atoms with van der Waals surface area (Å²) >= 11 is 5.62. The Hall–Kier alpha value is -1.47. The Bertz CT molecular complexity index is 783. The van der Waals surface area contributed by atoms with E-state index in [-0.39, 0.29) is 0 Å². The monoisotopic (exact) mass is 453 g/mol. The highest BCUT2D eigenvalue weighted by atomic mass is 127. The van der Waals surface area contributed by atoms with Gasteiger partial charge in [0.25, 0.3) is 0 Å². The number of halogens is 2. The minimum atomic E-state index is -0.427. The normalized spacial score (nSPS) is 16.0. The molecule has 0 atom stereocenters. The number of carbonyl (C=O) groups excluding carboxylic acids is 1. The third-order valence-electron chi connectivity index (χ3n) is 2.84. The van der Waals surface area contributed by atoms with Crippen LogP contribution in [0.2, 0.25) is 0 Å². The van der Waals surface area contributed by atoms with Crippen LogP contribution in [0.1, 0.15) is 11.1 Å². The fraction of sp³-hybridized carbons (Fsp3) is 0. The molecule has 0 amide bonds. The van der Waals surface area contributed by atoms with E-state index >= 15 is 0 Å². The Labute approximate surface area is 144 Å². The Kier molecular flexibility index (Phi) is 4.21. The summed E-state index contributed by atoms with van der Waals surface area (Å²) in [6.45, 7) is 0. The largest absolute Gasteiger partial charge is 0.402 e. The lowest BCUT2D eigenvalue weighted by molar-refractivity contribution is -0.129. The number of hydrogen-bond donors (Lipinski definition) is 0. The van der Waals surface area contributed by atoms with Gasteiger partial charge in [0.1, 0.15) is 0 Å². The smallest absolute Gasteiger partial charge is 0.363 e. The van der Waals surface area contributed by atoms with E-state index in [9.17, 15) is 4.79 Å². The molecule has 0 aliphatic carbocycles. The summed E-state index contributed by atoms with van der Waals surface area (Å²) in [6.07, 6.45) is 1.73. The van der Waals surface area contributed by atoms with Gasteiger partial charge in [-0.2, -0.15) is 0 Å². The number of esters is 1. The van der Waals surface area contributed by atoms with Gasteiger partial charge in [0, 0.05) is 13.6 Å². The van der Waals surface area contributed by atoms with Crippen LogP contribution in [0.25, 0.3) is 6.08 Å². The van der Waals surface area contributed by atoms with E-state index in [1.165, 1.54) is 0 Å². The number of hydrogen-bond acceptors (Lipinski definition) is 3. The fourth-order valence-corrected chi connectivity index (χ4v) is 2.87. The predicted octanol–water partition coefficient (Wildman–Crippen LogP) is 4.40. The third-order valence-corrected chi connectivity index (χ3v) is 4.01. The van der Waals surface area contributed by atoms with Crippen molar-refractivity contribution in [2.24, 2.45) is 4.99 Å². The molecule has 21 heavy (non-hydrogen) atoms. The molecule has 1 aliphatic heterocycles. The molecular formula is C16H9BrINO2. The highest BCUT2D eigenvalue weighted by molar-refractivity contribution is 14.1. The molecule has 5 heteroatoms. The minimum absolute atomic E-state index is 0.312. The van der Waals surface area contributed by atoms with Crippen LogP contribution < -0.4 is 0 Å². The fourth-order valence-electron chi connectivity index (χ4n) is 1.91. The first-order chi connectivity index (χ1) is 10.1. The first-order valence-electron chi connectivity index (χ1n) is 6.16. The van der Waals surface area contributed by atoms with Gasteiger partial charge in [0.2, 0.25) is 5.90 Å². The summed E-state index contributed by atoms with van der Waals surface area (Å²) in [5, 5.41) is 0. The maximum absolute atomic E-state index is 11.9. The van der Waals surface area contributed by atoms with Gasteiger partial charge in [-0.05, 0) is 64.6 Å². The third kappa shape index (κ3) is 3.41. The van der Waals surface area contributed by atoms with E-state index < -0.39 is 5.97 Å². The molecule has 0 fully saturated rings. The standard InChI is InChI=1S/C16H9BrINO2/c17-12-5-2-4-11(9-12)15-19-14(16(20)21-15)8-10-3-1-6-13(18)7-10/h1-9H/b14-8+. The van der Waals surface area contributed by atoms with E-state index in [1.54, 1.807) is 6.08 Å². The van der Waals surface area contributed by atoms with Crippen LogP contribution in [0, 0.1) is 3.57 Å². The van der Waals surface area contributed by atoms with E-state index in [2.05, 4.69) is 43.5 Å². The second-order valence-corrected chi connectivity index (χ2v) is 6.56. The molecule has 0 saturated heterocycles. The lowest BCUT2D eigenvalue weighted by Gasteiger charge is -1.99. The van der Waals surface area contributed by atoms with Crippen molar-refractivity contribution in [2.75, 3.05) is 0 Å². The second kappa shape index (κ2) is 6.11. The van der Waals surface area contributed by atoms with Crippen LogP contribution in [0.15, 0.2) is 63.7 Å². The van der Waals surface area contributed by atoms with Crippen molar-refractivity contribution in [3.63, 3.8) is 0 Å². The van der Waals surface area contributed by atoms with Crippen LogP contribution in [0.5, 0.6) is 0 Å². The van der Waals surface area contributed by atoms with Gasteiger partial charge in [0.15, 0.2) is 5.70 Å². The van der Waals surface area contributed by atoms with Crippen LogP contribution >= 0.6 is 38.5 Å². The molecule has 1 aliphatic rings. The van der Waals surface area contributed by atoms with Gasteiger partial charge < -0.3 is 4.74 Å². The zero-order chi connectivity index (χ0) is 14.8. The van der Waals surface area contributed by atoms with E-state index in [0.29, 0.717) is 11.6 Å². The molecule has 0 unspecified atom stereocenters. The molecule has 0 N–H and O–H groups in total. The summed E-state index contributed by atoms with van der Waals surface area (Å²) in [5.41, 5.74) is 2.00. The van der Waals surface area contributed by atoms with Gasteiger partial charge in [-0.1, -0.05) is 34.1 Å². The van der Waals surface area contributed by atoms with Crippen LogP contribution in [-0.4, -0.2) is 11.9 Å². The second-order valence-electron chi connectivity index (χ2n) is 4.40. The van der Waals surface area contributed by atoms with Crippen molar-refractivity contribution in [3.8, 4) is 0 Å². The van der Waals surface area contributed by atoms with Gasteiger partial charge in [-0.15, -0.1) is 0 Å². The van der Waals surface area contributed by atoms with Gasteiger partial charge in [-0.3, -0.25) is 0 Å². The van der Waals surface area contributed by atoms with Crippen molar-refractivity contribution in [1.29, 1.82) is 0 Å². The van der Waals surface area contributed by atoms with Crippen LogP contribution in [0.4, 0.5) is 0 Å². The number of carbonyl (C=O) groups is 1. The Morgan fingerprint density at radius 1 is 1.14 bits per heavy atom. The highest BCUT2D eigenvalue weighted by Gasteiger charge is 2.24. The quantitative estimate of drug-likeness (QED) is 0.384. The average molecular weight is 454 g/mol. The molecule has 2 aromatic rings. The van der Waals surface area contributed by atoms with Crippen molar-refractivity contribution >= 4 is 56.5 Å². The number of rotatable bonds is 2. The van der Waals surface area contributed by atoms with E-state index in [4.69, 9.17) is 4.74 Å². The number of ether oxygens (including phenoxy) is 1. The summed E-state index contributed by atoms with van der Waals surface area (Å²) in [6, 6.07) is 15.3. The van der Waals surface area contributed by atoms with Gasteiger partial charge >= 0.3 is 5.97 Å². The van der Waals surface area contributed by atoms with Crippen LogP contribution in [0.3, 0.4) is 0 Å². The first-order valence-corrected chi connectivity index (χ1v) is 8.03. The summed E-state index contributed by atoms with van der Waals surface area (Å²) in [7, 11) is 0. The van der Waals surface area contributed by atoms with E-state index in [1.807, 2.05) is 48.5 Å². The molecule has 2 aromatic carbocycles. The molecule has 0 bridgehead atoms. The molecule has 3 rings (SSSR count).